The van der Waals surface area contributed by atoms with Gasteiger partial charge in [0.05, 0.1) is 12.0 Å². The van der Waals surface area contributed by atoms with Crippen molar-refractivity contribution in [3.63, 3.8) is 0 Å². The molecule has 0 bridgehead atoms. The van der Waals surface area contributed by atoms with Gasteiger partial charge in [-0.05, 0) is 37.6 Å². The van der Waals surface area contributed by atoms with Crippen LogP contribution in [-0.2, 0) is 0 Å². The van der Waals surface area contributed by atoms with Crippen molar-refractivity contribution >= 4 is 18.3 Å². The first-order valence-electron chi connectivity index (χ1n) is 6.39. The Morgan fingerprint density at radius 1 is 1.43 bits per heavy atom. The van der Waals surface area contributed by atoms with Gasteiger partial charge < -0.3 is 20.5 Å². The van der Waals surface area contributed by atoms with Crippen molar-refractivity contribution in [2.45, 2.75) is 19.4 Å². The summed E-state index contributed by atoms with van der Waals surface area (Å²) in [6.07, 6.45) is 2.18. The molecule has 4 N–H and O–H groups in total. The zero-order valence-corrected chi connectivity index (χ0v) is 12.4. The molecule has 114 valence electrons. The highest BCUT2D eigenvalue weighted by Gasteiger charge is 2.11. The second kappa shape index (κ2) is 7.66. The Morgan fingerprint density at radius 2 is 2.19 bits per heavy atom. The highest BCUT2D eigenvalue weighted by Crippen LogP contribution is 2.15. The fraction of sp³-hybridized carbons (Fsp3) is 0.286. The molecule has 6 nitrogen and oxygen atoms in total. The van der Waals surface area contributed by atoms with Crippen molar-refractivity contribution in [1.82, 2.24) is 10.3 Å². The maximum absolute atomic E-state index is 11.9. The standard InChI is InChI=1S/C14H17N3O3.ClH/c1-9(15)6-7-16-13(18)10-4-5-11(17-14(10)19)12-3-2-8-20-12;/h2-5,8-9H,6-7,15H2,1H3,(H,16,18)(H,17,19);1H. The van der Waals surface area contributed by atoms with E-state index in [-0.39, 0.29) is 24.0 Å². The molecule has 7 heteroatoms. The van der Waals surface area contributed by atoms with E-state index in [1.54, 1.807) is 18.2 Å². The number of carbonyl (C=O) groups excluding carboxylic acids is 1. The molecule has 0 aliphatic rings. The van der Waals surface area contributed by atoms with Crippen LogP contribution in [0.2, 0.25) is 0 Å². The van der Waals surface area contributed by atoms with Gasteiger partial charge in [0.25, 0.3) is 11.5 Å². The second-order valence-electron chi connectivity index (χ2n) is 4.61. The van der Waals surface area contributed by atoms with E-state index in [1.807, 2.05) is 6.92 Å². The Morgan fingerprint density at radius 3 is 2.76 bits per heavy atom. The van der Waals surface area contributed by atoms with Gasteiger partial charge in [0.15, 0.2) is 0 Å². The zero-order valence-electron chi connectivity index (χ0n) is 11.6. The highest BCUT2D eigenvalue weighted by molar-refractivity contribution is 5.94. The van der Waals surface area contributed by atoms with E-state index in [9.17, 15) is 9.59 Å². The molecule has 0 radical (unpaired) electrons. The number of carbonyl (C=O) groups is 1. The number of H-pyrrole nitrogens is 1. The number of aromatic nitrogens is 1. The van der Waals surface area contributed by atoms with Crippen molar-refractivity contribution in [2.75, 3.05) is 6.54 Å². The normalized spacial score (nSPS) is 11.5. The predicted octanol–water partition coefficient (Wildman–Crippen LogP) is 1.52. The molecule has 1 amide bonds. The van der Waals surface area contributed by atoms with E-state index in [0.29, 0.717) is 24.4 Å². The summed E-state index contributed by atoms with van der Waals surface area (Å²) in [5.74, 6) is 0.143. The lowest BCUT2D eigenvalue weighted by molar-refractivity contribution is 0.0951. The van der Waals surface area contributed by atoms with Gasteiger partial charge >= 0.3 is 0 Å². The average Bonchev–Trinajstić information content (AvgIpc) is 2.91. The fourth-order valence-corrected chi connectivity index (χ4v) is 1.74. The van der Waals surface area contributed by atoms with E-state index in [4.69, 9.17) is 10.2 Å². The van der Waals surface area contributed by atoms with Gasteiger partial charge in [0.2, 0.25) is 0 Å². The lowest BCUT2D eigenvalue weighted by Crippen LogP contribution is -2.32. The van der Waals surface area contributed by atoms with Crippen LogP contribution in [0.5, 0.6) is 0 Å². The van der Waals surface area contributed by atoms with Crippen LogP contribution < -0.4 is 16.6 Å². The molecule has 0 saturated heterocycles. The monoisotopic (exact) mass is 311 g/mol. The smallest absolute Gasteiger partial charge is 0.261 e. The minimum absolute atomic E-state index is 0. The van der Waals surface area contributed by atoms with Crippen molar-refractivity contribution in [3.05, 3.63) is 46.4 Å². The van der Waals surface area contributed by atoms with Crippen LogP contribution in [-0.4, -0.2) is 23.5 Å². The van der Waals surface area contributed by atoms with E-state index in [0.717, 1.165) is 0 Å². The number of amides is 1. The Hall–Kier alpha value is -2.05. The number of nitrogens with one attached hydrogen (secondary N) is 2. The Kier molecular flexibility index (Phi) is 6.20. The topological polar surface area (TPSA) is 101 Å². The van der Waals surface area contributed by atoms with Crippen LogP contribution in [0.15, 0.2) is 39.7 Å². The summed E-state index contributed by atoms with van der Waals surface area (Å²) in [6.45, 7) is 2.30. The zero-order chi connectivity index (χ0) is 14.5. The van der Waals surface area contributed by atoms with Gasteiger partial charge in [-0.25, -0.2) is 0 Å². The van der Waals surface area contributed by atoms with Crippen molar-refractivity contribution in [3.8, 4) is 11.5 Å². The van der Waals surface area contributed by atoms with E-state index < -0.39 is 11.5 Å². The fourth-order valence-electron chi connectivity index (χ4n) is 1.74. The lowest BCUT2D eigenvalue weighted by atomic mass is 10.2. The molecule has 2 aromatic heterocycles. The molecule has 1 unspecified atom stereocenters. The largest absolute Gasteiger partial charge is 0.463 e. The third kappa shape index (κ3) is 4.47. The average molecular weight is 312 g/mol. The lowest BCUT2D eigenvalue weighted by Gasteiger charge is -2.07. The highest BCUT2D eigenvalue weighted by atomic mass is 35.5. The van der Waals surface area contributed by atoms with E-state index >= 15 is 0 Å². The number of nitrogens with two attached hydrogens (primary N) is 1. The summed E-state index contributed by atoms with van der Waals surface area (Å²) in [5.41, 5.74) is 5.75. The third-order valence-electron chi connectivity index (χ3n) is 2.83. The maximum atomic E-state index is 11.9. The van der Waals surface area contributed by atoms with Crippen molar-refractivity contribution < 1.29 is 9.21 Å². The van der Waals surface area contributed by atoms with Crippen LogP contribution in [0.3, 0.4) is 0 Å². The Balaban J connectivity index is 0.00000220. The second-order valence-corrected chi connectivity index (χ2v) is 4.61. The SMILES string of the molecule is CC(N)CCNC(=O)c1ccc(-c2ccco2)[nH]c1=O.Cl. The molecular formula is C14H18ClN3O3. The van der Waals surface area contributed by atoms with Crippen molar-refractivity contribution in [1.29, 1.82) is 0 Å². The molecule has 2 rings (SSSR count). The number of halogens is 1. The van der Waals surface area contributed by atoms with Gasteiger partial charge in [-0.15, -0.1) is 12.4 Å². The van der Waals surface area contributed by atoms with Crippen molar-refractivity contribution in [2.24, 2.45) is 5.73 Å². The molecule has 21 heavy (non-hydrogen) atoms. The summed E-state index contributed by atoms with van der Waals surface area (Å²) in [7, 11) is 0. The summed E-state index contributed by atoms with van der Waals surface area (Å²) in [4.78, 5) is 26.4. The van der Waals surface area contributed by atoms with E-state index in [2.05, 4.69) is 10.3 Å². The molecule has 0 aliphatic carbocycles. The van der Waals surface area contributed by atoms with Gasteiger partial charge in [-0.1, -0.05) is 0 Å². The van der Waals surface area contributed by atoms with Crippen LogP contribution in [0.25, 0.3) is 11.5 Å². The van der Waals surface area contributed by atoms with Gasteiger partial charge in [-0.3, -0.25) is 9.59 Å². The number of hydrogen-bond acceptors (Lipinski definition) is 4. The van der Waals surface area contributed by atoms with E-state index in [1.165, 1.54) is 12.3 Å². The molecule has 0 fully saturated rings. The minimum Gasteiger partial charge on any atom is -0.463 e. The number of aromatic amines is 1. The number of hydrogen-bond donors (Lipinski definition) is 3. The summed E-state index contributed by atoms with van der Waals surface area (Å²) >= 11 is 0. The molecule has 0 saturated carbocycles. The Bertz CT molecular complexity index is 635. The molecule has 1 atom stereocenters. The van der Waals surface area contributed by atoms with Crippen LogP contribution in [0.4, 0.5) is 0 Å². The molecule has 0 aromatic carbocycles. The number of pyridine rings is 1. The van der Waals surface area contributed by atoms with Gasteiger partial charge in [0, 0.05) is 12.6 Å². The molecule has 2 heterocycles. The summed E-state index contributed by atoms with van der Waals surface area (Å²) < 4.78 is 5.18. The van der Waals surface area contributed by atoms with Gasteiger partial charge in [-0.2, -0.15) is 0 Å². The van der Waals surface area contributed by atoms with Gasteiger partial charge in [0.1, 0.15) is 11.3 Å². The number of furan rings is 1. The third-order valence-corrected chi connectivity index (χ3v) is 2.83. The first kappa shape index (κ1) is 17.0. The summed E-state index contributed by atoms with van der Waals surface area (Å²) in [5, 5.41) is 2.66. The Labute approximate surface area is 128 Å². The van der Waals surface area contributed by atoms with Crippen LogP contribution >= 0.6 is 12.4 Å². The molecule has 2 aromatic rings. The quantitative estimate of drug-likeness (QED) is 0.779. The predicted molar refractivity (Wildman–Crippen MR) is 82.6 cm³/mol. The molecule has 0 aliphatic heterocycles. The molecular weight excluding hydrogens is 294 g/mol. The molecule has 0 spiro atoms. The first-order chi connectivity index (χ1) is 9.58. The van der Waals surface area contributed by atoms with Crippen LogP contribution in [0, 0.1) is 0 Å². The number of rotatable bonds is 5. The first-order valence-corrected chi connectivity index (χ1v) is 6.39. The minimum atomic E-state index is -0.447. The maximum Gasteiger partial charge on any atom is 0.261 e. The summed E-state index contributed by atoms with van der Waals surface area (Å²) in [6, 6.07) is 6.59. The van der Waals surface area contributed by atoms with Crippen LogP contribution in [0.1, 0.15) is 23.7 Å².